The first-order valence-corrected chi connectivity index (χ1v) is 13.0. The molecule has 122 valence electrons. The van der Waals surface area contributed by atoms with Crippen LogP contribution in [0, 0.1) is 0 Å². The molecule has 0 saturated heterocycles. The van der Waals surface area contributed by atoms with Crippen LogP contribution in [0.4, 0.5) is 11.4 Å². The summed E-state index contributed by atoms with van der Waals surface area (Å²) in [5.74, 6) is 0. The van der Waals surface area contributed by atoms with Crippen LogP contribution < -0.4 is 9.44 Å². The second-order valence-electron chi connectivity index (χ2n) is 4.79. The highest BCUT2D eigenvalue weighted by molar-refractivity contribution is 8.91. The molecule has 2 aromatic rings. The van der Waals surface area contributed by atoms with Gasteiger partial charge >= 0.3 is 0 Å². The Labute approximate surface area is 143 Å². The van der Waals surface area contributed by atoms with E-state index in [0.717, 1.165) is 11.4 Å². The van der Waals surface area contributed by atoms with Crippen molar-refractivity contribution in [1.82, 2.24) is 4.13 Å². The molecule has 2 N–H and O–H groups in total. The van der Waals surface area contributed by atoms with E-state index in [1.54, 1.807) is 12.1 Å². The van der Waals surface area contributed by atoms with Gasteiger partial charge in [-0.2, -0.15) is 4.13 Å². The lowest BCUT2D eigenvalue weighted by atomic mass is 10.3. The summed E-state index contributed by atoms with van der Waals surface area (Å²) in [6.45, 7) is -3.95. The fourth-order valence-electron chi connectivity index (χ4n) is 1.71. The van der Waals surface area contributed by atoms with Gasteiger partial charge in [-0.05, 0) is 74.7 Å². The highest BCUT2D eigenvalue weighted by Crippen LogP contribution is 2.77. The maximum absolute atomic E-state index is 12.2. The summed E-state index contributed by atoms with van der Waals surface area (Å²) in [6.07, 6.45) is 1.26. The summed E-state index contributed by atoms with van der Waals surface area (Å²) < 4.78 is 26.5. The first-order valence-electron chi connectivity index (χ1n) is 6.15. The second-order valence-corrected chi connectivity index (χ2v) is 18.5. The minimum Gasteiger partial charge on any atom is -0.356 e. The molecule has 0 saturated carbocycles. The molecular formula is C13H15Cl3N2O2S2. The van der Waals surface area contributed by atoms with Crippen LogP contribution in [-0.2, 0) is 10.0 Å². The third-order valence-corrected chi connectivity index (χ3v) is 7.82. The molecule has 0 aliphatic carbocycles. The van der Waals surface area contributed by atoms with Crippen molar-refractivity contribution in [3.8, 4) is 0 Å². The zero-order chi connectivity index (χ0) is 16.5. The molecule has 22 heavy (non-hydrogen) atoms. The molecule has 0 heterocycles. The van der Waals surface area contributed by atoms with E-state index < -0.39 is 17.0 Å². The Morgan fingerprint density at radius 2 is 1.36 bits per heavy atom. The molecule has 0 aromatic heterocycles. The zero-order valence-corrected chi connectivity index (χ0v) is 15.5. The number of para-hydroxylation sites is 1. The number of nitrogens with one attached hydrogen (secondary N) is 2. The van der Waals surface area contributed by atoms with Gasteiger partial charge in [0.1, 0.15) is 0 Å². The number of benzene rings is 2. The van der Waals surface area contributed by atoms with Crippen molar-refractivity contribution in [3.05, 3.63) is 54.6 Å². The molecule has 0 fully saturated rings. The van der Waals surface area contributed by atoms with Crippen molar-refractivity contribution in [2.75, 3.05) is 11.6 Å². The van der Waals surface area contributed by atoms with E-state index in [4.69, 9.17) is 32.0 Å². The van der Waals surface area contributed by atoms with Crippen molar-refractivity contribution < 1.29 is 8.42 Å². The summed E-state index contributed by atoms with van der Waals surface area (Å²) in [4.78, 5) is 0.0314. The smallest absolute Gasteiger partial charge is 0.249 e. The minimum atomic E-state index is -3.95. The van der Waals surface area contributed by atoms with Crippen LogP contribution in [0.1, 0.15) is 0 Å². The van der Waals surface area contributed by atoms with Crippen LogP contribution in [0.2, 0.25) is 0 Å². The van der Waals surface area contributed by atoms with Gasteiger partial charge in [0, 0.05) is 11.4 Å². The number of halogens is 3. The number of anilines is 2. The van der Waals surface area contributed by atoms with Crippen molar-refractivity contribution >= 4 is 60.4 Å². The molecule has 0 spiro atoms. The highest BCUT2D eigenvalue weighted by atomic mass is 36.2. The number of thiol groups is 1. The highest BCUT2D eigenvalue weighted by Gasteiger charge is 2.32. The topological polar surface area (TPSA) is 58.2 Å². The summed E-state index contributed by atoms with van der Waals surface area (Å²) in [5.41, 5.74) is 1.65. The molecular weight excluding hydrogens is 387 g/mol. The third-order valence-electron chi connectivity index (χ3n) is 2.54. The number of rotatable bonds is 5. The summed E-state index contributed by atoms with van der Waals surface area (Å²) in [5, 5.41) is 3.15. The molecule has 2 rings (SSSR count). The van der Waals surface area contributed by atoms with Crippen LogP contribution in [0.15, 0.2) is 59.5 Å². The van der Waals surface area contributed by atoms with E-state index in [2.05, 4.69) is 9.44 Å². The van der Waals surface area contributed by atoms with Crippen molar-refractivity contribution in [1.29, 1.82) is 0 Å². The Morgan fingerprint density at radius 1 is 0.864 bits per heavy atom. The molecule has 2 aromatic carbocycles. The van der Waals surface area contributed by atoms with Crippen LogP contribution in [0.5, 0.6) is 0 Å². The van der Waals surface area contributed by atoms with Gasteiger partial charge in [-0.3, -0.25) is 0 Å². The van der Waals surface area contributed by atoms with E-state index in [-0.39, 0.29) is 4.90 Å². The van der Waals surface area contributed by atoms with Gasteiger partial charge in [0.25, 0.3) is 0 Å². The van der Waals surface area contributed by atoms with E-state index in [1.165, 1.54) is 18.4 Å². The normalized spacial score (nSPS) is 14.1. The predicted molar refractivity (Wildman–Crippen MR) is 99.0 cm³/mol. The Hall–Kier alpha value is -0.630. The average Bonchev–Trinajstić information content (AvgIpc) is 2.37. The van der Waals surface area contributed by atoms with Gasteiger partial charge in [-0.25, -0.2) is 8.42 Å². The third kappa shape index (κ3) is 5.53. The lowest BCUT2D eigenvalue weighted by Gasteiger charge is -2.38. The van der Waals surface area contributed by atoms with Crippen LogP contribution in [-0.4, -0.2) is 14.7 Å². The molecule has 9 heteroatoms. The van der Waals surface area contributed by atoms with Crippen molar-refractivity contribution in [2.24, 2.45) is 0 Å². The minimum absolute atomic E-state index is 0.0314. The summed E-state index contributed by atoms with van der Waals surface area (Å²) in [6, 6.07) is 15.7. The van der Waals surface area contributed by atoms with E-state index >= 15 is 0 Å². The quantitative estimate of drug-likeness (QED) is 0.631. The molecule has 0 amide bonds. The molecule has 0 aliphatic heterocycles. The average molecular weight is 402 g/mol. The first kappa shape index (κ1) is 17.7. The van der Waals surface area contributed by atoms with Gasteiger partial charge in [0.05, 0.1) is 4.90 Å². The fourth-order valence-corrected chi connectivity index (χ4v) is 7.14. The Kier molecular flexibility index (Phi) is 4.92. The lowest BCUT2D eigenvalue weighted by molar-refractivity contribution is 0.594. The number of hydrogen-bond donors (Lipinski definition) is 3. The summed E-state index contributed by atoms with van der Waals surface area (Å²) >= 11 is 0. The Balaban J connectivity index is 2.19. The monoisotopic (exact) mass is 400 g/mol. The Morgan fingerprint density at radius 3 is 1.86 bits per heavy atom. The fraction of sp³-hybridized carbons (Fsp3) is 0.0769. The van der Waals surface area contributed by atoms with Gasteiger partial charge in [0.15, 0.2) is 0 Å². The van der Waals surface area contributed by atoms with E-state index in [9.17, 15) is 8.42 Å². The number of sulfonamides is 1. The van der Waals surface area contributed by atoms with Gasteiger partial charge < -0.3 is 5.32 Å². The Bertz CT molecular complexity index is 748. The first-order chi connectivity index (χ1) is 10.0. The number of hydrogen-bond acceptors (Lipinski definition) is 3. The second kappa shape index (κ2) is 6.11. The predicted octanol–water partition coefficient (Wildman–Crippen LogP) is 4.79. The van der Waals surface area contributed by atoms with Crippen molar-refractivity contribution in [2.45, 2.75) is 4.90 Å². The maximum Gasteiger partial charge on any atom is 0.249 e. The largest absolute Gasteiger partial charge is 0.356 e. The molecule has 0 radical (unpaired) electrons. The standard InChI is InChI=1S/C13H15Cl3N2O2S2/c1-22(14,15,16)18-21(19,20)13-9-7-12(8-10-13)17-11-5-3-2-4-6-11/h2-10,17-18,22H,1H3. The van der Waals surface area contributed by atoms with Gasteiger partial charge in [0.2, 0.25) is 10.0 Å². The van der Waals surface area contributed by atoms with Gasteiger partial charge in [-0.15, -0.1) is 0 Å². The molecule has 4 nitrogen and oxygen atoms in total. The van der Waals surface area contributed by atoms with E-state index in [1.807, 2.05) is 30.3 Å². The maximum atomic E-state index is 12.2. The molecule has 0 aliphatic rings. The van der Waals surface area contributed by atoms with Crippen molar-refractivity contribution in [3.63, 3.8) is 0 Å². The lowest BCUT2D eigenvalue weighted by Crippen LogP contribution is -2.26. The van der Waals surface area contributed by atoms with Gasteiger partial charge in [-0.1, -0.05) is 25.2 Å². The molecule has 0 bridgehead atoms. The zero-order valence-electron chi connectivity index (χ0n) is 11.5. The van der Waals surface area contributed by atoms with Crippen LogP contribution >= 0.6 is 39.0 Å². The van der Waals surface area contributed by atoms with Crippen LogP contribution in [0.25, 0.3) is 0 Å². The summed E-state index contributed by atoms with van der Waals surface area (Å²) in [7, 11) is 13.6. The van der Waals surface area contributed by atoms with Crippen LogP contribution in [0.3, 0.4) is 0 Å². The molecule has 0 unspecified atom stereocenters. The SMILES string of the molecule is C[SH](Cl)(Cl)(Cl)NS(=O)(=O)c1ccc(Nc2ccccc2)cc1. The van der Waals surface area contributed by atoms with E-state index in [0.29, 0.717) is 0 Å². The molecule has 0 atom stereocenters.